The second-order valence-corrected chi connectivity index (χ2v) is 5.71. The zero-order chi connectivity index (χ0) is 13.0. The molecule has 0 radical (unpaired) electrons. The maximum Gasteiger partial charge on any atom is 0.0493 e. The molecule has 2 rings (SSSR count). The van der Waals surface area contributed by atoms with E-state index in [4.69, 9.17) is 5.73 Å². The summed E-state index contributed by atoms with van der Waals surface area (Å²) in [7, 11) is 0. The number of pyridine rings is 1. The van der Waals surface area contributed by atoms with Crippen LogP contribution in [-0.2, 0) is 0 Å². The Hall–Kier alpha value is -1.32. The molecule has 2 atom stereocenters. The maximum absolute atomic E-state index is 6.11. The fourth-order valence-electron chi connectivity index (χ4n) is 1.80. The first-order valence-corrected chi connectivity index (χ1v) is 6.93. The number of aromatic nitrogens is 1. The normalized spacial score (nSPS) is 14.2. The molecule has 1 aromatic heterocycles. The molecule has 2 aromatic rings. The molecule has 0 saturated carbocycles. The van der Waals surface area contributed by atoms with Crippen LogP contribution in [0.25, 0.3) is 0 Å². The average Bonchev–Trinajstić information content (AvgIpc) is 2.38. The summed E-state index contributed by atoms with van der Waals surface area (Å²) in [6, 6.07) is 12.7. The summed E-state index contributed by atoms with van der Waals surface area (Å²) in [6.07, 6.45) is 3.64. The second-order valence-electron chi connectivity index (χ2n) is 4.49. The minimum Gasteiger partial charge on any atom is -0.327 e. The van der Waals surface area contributed by atoms with Gasteiger partial charge in [0.15, 0.2) is 0 Å². The van der Waals surface area contributed by atoms with Crippen molar-refractivity contribution < 1.29 is 0 Å². The maximum atomic E-state index is 6.11. The van der Waals surface area contributed by atoms with Crippen LogP contribution in [0.1, 0.15) is 23.3 Å². The van der Waals surface area contributed by atoms with Crippen LogP contribution in [0, 0.1) is 6.92 Å². The van der Waals surface area contributed by atoms with Gasteiger partial charge in [-0.2, -0.15) is 0 Å². The predicted molar refractivity (Wildman–Crippen MR) is 77.7 cm³/mol. The number of aryl methyl sites for hydroxylation is 1. The van der Waals surface area contributed by atoms with Crippen LogP contribution < -0.4 is 5.73 Å². The fourth-order valence-corrected chi connectivity index (χ4v) is 2.89. The van der Waals surface area contributed by atoms with E-state index in [0.29, 0.717) is 0 Å². The highest BCUT2D eigenvalue weighted by atomic mass is 32.2. The van der Waals surface area contributed by atoms with Gasteiger partial charge >= 0.3 is 0 Å². The number of hydrogen-bond acceptors (Lipinski definition) is 3. The van der Waals surface area contributed by atoms with Crippen molar-refractivity contribution in [2.75, 3.05) is 0 Å². The fraction of sp³-hybridized carbons (Fsp3) is 0.267. The van der Waals surface area contributed by atoms with Gasteiger partial charge in [-0.3, -0.25) is 4.98 Å². The van der Waals surface area contributed by atoms with Crippen LogP contribution in [0.15, 0.2) is 53.7 Å². The monoisotopic (exact) mass is 258 g/mol. The van der Waals surface area contributed by atoms with Gasteiger partial charge in [0.1, 0.15) is 0 Å². The molecule has 2 N–H and O–H groups in total. The Morgan fingerprint density at radius 3 is 2.22 bits per heavy atom. The number of benzene rings is 1. The molecule has 0 fully saturated rings. The molecule has 0 amide bonds. The topological polar surface area (TPSA) is 38.9 Å². The number of thioether (sulfide) groups is 1. The Labute approximate surface area is 113 Å². The first-order valence-electron chi connectivity index (χ1n) is 6.05. The lowest BCUT2D eigenvalue weighted by Gasteiger charge is -2.20. The summed E-state index contributed by atoms with van der Waals surface area (Å²) >= 11 is 1.81. The molecular formula is C15H18N2S. The molecule has 0 bridgehead atoms. The van der Waals surface area contributed by atoms with Gasteiger partial charge < -0.3 is 5.73 Å². The van der Waals surface area contributed by atoms with E-state index in [9.17, 15) is 0 Å². The van der Waals surface area contributed by atoms with Crippen molar-refractivity contribution >= 4 is 11.8 Å². The van der Waals surface area contributed by atoms with E-state index in [1.807, 2.05) is 31.5 Å². The standard InChI is InChI=1S/C15H18N2S/c1-11-3-5-14(6-4-11)18-15(12(2)16)13-7-9-17-10-8-13/h3-10,12,15H,16H2,1-2H3. The Morgan fingerprint density at radius 2 is 1.67 bits per heavy atom. The van der Waals surface area contributed by atoms with Crippen molar-refractivity contribution in [3.8, 4) is 0 Å². The van der Waals surface area contributed by atoms with Crippen LogP contribution in [0.5, 0.6) is 0 Å². The zero-order valence-electron chi connectivity index (χ0n) is 10.7. The van der Waals surface area contributed by atoms with E-state index in [1.165, 1.54) is 16.0 Å². The molecule has 18 heavy (non-hydrogen) atoms. The van der Waals surface area contributed by atoms with E-state index in [-0.39, 0.29) is 11.3 Å². The van der Waals surface area contributed by atoms with Crippen LogP contribution in [-0.4, -0.2) is 11.0 Å². The molecule has 0 aliphatic carbocycles. The Kier molecular flexibility index (Phi) is 4.39. The van der Waals surface area contributed by atoms with Crippen molar-refractivity contribution in [2.24, 2.45) is 5.73 Å². The highest BCUT2D eigenvalue weighted by molar-refractivity contribution is 7.99. The lowest BCUT2D eigenvalue weighted by atomic mass is 10.1. The highest BCUT2D eigenvalue weighted by Gasteiger charge is 2.17. The number of nitrogens with zero attached hydrogens (tertiary/aromatic N) is 1. The summed E-state index contributed by atoms with van der Waals surface area (Å²) in [6.45, 7) is 4.15. The van der Waals surface area contributed by atoms with Crippen LogP contribution in [0.3, 0.4) is 0 Å². The van der Waals surface area contributed by atoms with Crippen molar-refractivity contribution in [3.05, 3.63) is 59.9 Å². The van der Waals surface area contributed by atoms with Crippen LogP contribution in [0.4, 0.5) is 0 Å². The van der Waals surface area contributed by atoms with E-state index in [1.54, 1.807) is 11.8 Å². The van der Waals surface area contributed by atoms with Crippen molar-refractivity contribution in [3.63, 3.8) is 0 Å². The number of hydrogen-bond donors (Lipinski definition) is 1. The van der Waals surface area contributed by atoms with E-state index < -0.39 is 0 Å². The third-order valence-electron chi connectivity index (χ3n) is 2.80. The Bertz CT molecular complexity index is 480. The third-order valence-corrected chi connectivity index (χ3v) is 4.30. The van der Waals surface area contributed by atoms with Gasteiger partial charge in [-0.25, -0.2) is 0 Å². The molecule has 0 spiro atoms. The molecule has 1 aromatic carbocycles. The Morgan fingerprint density at radius 1 is 1.06 bits per heavy atom. The lowest BCUT2D eigenvalue weighted by Crippen LogP contribution is -2.22. The van der Waals surface area contributed by atoms with Gasteiger partial charge in [0.25, 0.3) is 0 Å². The largest absolute Gasteiger partial charge is 0.327 e. The van der Waals surface area contributed by atoms with Gasteiger partial charge in [-0.1, -0.05) is 17.7 Å². The first kappa shape index (κ1) is 13.1. The lowest BCUT2D eigenvalue weighted by molar-refractivity contribution is 0.720. The van der Waals surface area contributed by atoms with Crippen molar-refractivity contribution in [1.82, 2.24) is 4.98 Å². The predicted octanol–water partition coefficient (Wildman–Crippen LogP) is 3.57. The molecule has 94 valence electrons. The van der Waals surface area contributed by atoms with Crippen LogP contribution in [0.2, 0.25) is 0 Å². The summed E-state index contributed by atoms with van der Waals surface area (Å²) in [5.41, 5.74) is 8.61. The molecular weight excluding hydrogens is 240 g/mol. The first-order chi connectivity index (χ1) is 8.66. The molecule has 2 unspecified atom stereocenters. The van der Waals surface area contributed by atoms with Gasteiger partial charge in [0, 0.05) is 28.6 Å². The summed E-state index contributed by atoms with van der Waals surface area (Å²) in [4.78, 5) is 5.31. The summed E-state index contributed by atoms with van der Waals surface area (Å²) < 4.78 is 0. The molecule has 1 heterocycles. The smallest absolute Gasteiger partial charge is 0.0493 e. The number of rotatable bonds is 4. The average molecular weight is 258 g/mol. The Balaban J connectivity index is 2.19. The van der Waals surface area contributed by atoms with Gasteiger partial charge in [0.05, 0.1) is 0 Å². The molecule has 3 heteroatoms. The second kappa shape index (κ2) is 6.03. The molecule has 0 saturated heterocycles. The van der Waals surface area contributed by atoms with Crippen LogP contribution >= 0.6 is 11.8 Å². The molecule has 0 aliphatic heterocycles. The van der Waals surface area contributed by atoms with Gasteiger partial charge in [0.2, 0.25) is 0 Å². The number of nitrogens with two attached hydrogens (primary N) is 1. The van der Waals surface area contributed by atoms with E-state index >= 15 is 0 Å². The van der Waals surface area contributed by atoms with E-state index in [0.717, 1.165) is 0 Å². The molecule has 2 nitrogen and oxygen atoms in total. The van der Waals surface area contributed by atoms with Gasteiger partial charge in [-0.15, -0.1) is 11.8 Å². The summed E-state index contributed by atoms with van der Waals surface area (Å²) in [5.74, 6) is 0. The zero-order valence-corrected chi connectivity index (χ0v) is 11.5. The van der Waals surface area contributed by atoms with Crippen molar-refractivity contribution in [2.45, 2.75) is 30.0 Å². The SMILES string of the molecule is Cc1ccc(SC(c2ccncc2)C(C)N)cc1. The summed E-state index contributed by atoms with van der Waals surface area (Å²) in [5, 5.41) is 0.260. The quantitative estimate of drug-likeness (QED) is 0.852. The van der Waals surface area contributed by atoms with Gasteiger partial charge in [-0.05, 0) is 43.7 Å². The highest BCUT2D eigenvalue weighted by Crippen LogP contribution is 2.36. The minimum atomic E-state index is 0.0960. The third kappa shape index (κ3) is 3.34. The van der Waals surface area contributed by atoms with E-state index in [2.05, 4.69) is 36.2 Å². The minimum absolute atomic E-state index is 0.0960. The van der Waals surface area contributed by atoms with Crippen molar-refractivity contribution in [1.29, 1.82) is 0 Å². The molecule has 0 aliphatic rings.